The van der Waals surface area contributed by atoms with Gasteiger partial charge >= 0.3 is 0 Å². The van der Waals surface area contributed by atoms with Crippen molar-refractivity contribution in [2.45, 2.75) is 44.1 Å². The molecule has 2 aromatic heterocycles. The Morgan fingerprint density at radius 2 is 2.04 bits per heavy atom. The lowest BCUT2D eigenvalue weighted by Gasteiger charge is -2.08. The van der Waals surface area contributed by atoms with Gasteiger partial charge in [-0.1, -0.05) is 43.8 Å². The molecule has 3 nitrogen and oxygen atoms in total. The van der Waals surface area contributed by atoms with E-state index in [0.29, 0.717) is 11.3 Å². The highest BCUT2D eigenvalue weighted by molar-refractivity contribution is 7.98. The maximum atomic E-state index is 13.8. The summed E-state index contributed by atoms with van der Waals surface area (Å²) in [6.07, 6.45) is 2.03. The van der Waals surface area contributed by atoms with Crippen LogP contribution < -0.4 is 0 Å². The van der Waals surface area contributed by atoms with Gasteiger partial charge in [0.25, 0.3) is 0 Å². The smallest absolute Gasteiger partial charge is 0.191 e. The van der Waals surface area contributed by atoms with Crippen LogP contribution in [-0.2, 0) is 18.7 Å². The predicted octanol–water partition coefficient (Wildman–Crippen LogP) is 5.41. The summed E-state index contributed by atoms with van der Waals surface area (Å²) >= 11 is 3.29. The van der Waals surface area contributed by atoms with E-state index >= 15 is 0 Å². The van der Waals surface area contributed by atoms with E-state index in [1.54, 1.807) is 17.4 Å². The number of aromatic nitrogens is 3. The Bertz CT molecular complexity index is 810. The van der Waals surface area contributed by atoms with Gasteiger partial charge in [-0.3, -0.25) is 0 Å². The zero-order valence-electron chi connectivity index (χ0n) is 13.8. The number of halogens is 1. The highest BCUT2D eigenvalue weighted by atomic mass is 32.2. The van der Waals surface area contributed by atoms with Gasteiger partial charge in [0, 0.05) is 28.1 Å². The Hall–Kier alpha value is -1.66. The molecular formula is C18H20FN3S2. The van der Waals surface area contributed by atoms with E-state index in [4.69, 9.17) is 0 Å². The van der Waals surface area contributed by atoms with E-state index < -0.39 is 0 Å². The molecule has 0 N–H and O–H groups in total. The molecule has 0 aliphatic carbocycles. The van der Waals surface area contributed by atoms with Crippen molar-refractivity contribution in [3.05, 3.63) is 52.0 Å². The molecule has 0 saturated carbocycles. The molecule has 3 rings (SSSR count). The van der Waals surface area contributed by atoms with Gasteiger partial charge in [-0.25, -0.2) is 4.39 Å². The molecular weight excluding hydrogens is 341 g/mol. The maximum Gasteiger partial charge on any atom is 0.191 e. The van der Waals surface area contributed by atoms with E-state index in [0.717, 1.165) is 35.9 Å². The highest BCUT2D eigenvalue weighted by Crippen LogP contribution is 2.30. The Kier molecular flexibility index (Phi) is 5.68. The number of benzene rings is 1. The molecule has 1 aromatic carbocycles. The van der Waals surface area contributed by atoms with Crippen LogP contribution in [0.1, 0.15) is 30.7 Å². The van der Waals surface area contributed by atoms with Gasteiger partial charge in [0.05, 0.1) is 0 Å². The number of thiophene rings is 1. The van der Waals surface area contributed by atoms with Crippen molar-refractivity contribution >= 4 is 23.1 Å². The zero-order valence-corrected chi connectivity index (χ0v) is 15.5. The largest absolute Gasteiger partial charge is 0.302 e. The first kappa shape index (κ1) is 17.2. The van der Waals surface area contributed by atoms with Gasteiger partial charge in [0.1, 0.15) is 5.82 Å². The van der Waals surface area contributed by atoms with Crippen LogP contribution in [-0.4, -0.2) is 14.8 Å². The first-order valence-electron chi connectivity index (χ1n) is 8.10. The van der Waals surface area contributed by atoms with Crippen LogP contribution in [0.25, 0.3) is 11.4 Å². The van der Waals surface area contributed by atoms with Crippen LogP contribution in [0.5, 0.6) is 0 Å². The Labute approximate surface area is 149 Å². The Morgan fingerprint density at radius 3 is 2.75 bits per heavy atom. The summed E-state index contributed by atoms with van der Waals surface area (Å²) in [6, 6.07) is 9.07. The summed E-state index contributed by atoms with van der Waals surface area (Å²) in [4.78, 5) is 1.34. The minimum atomic E-state index is -0.169. The van der Waals surface area contributed by atoms with Gasteiger partial charge < -0.3 is 4.57 Å². The molecule has 0 aliphatic rings. The second-order valence-corrected chi connectivity index (χ2v) is 7.43. The highest BCUT2D eigenvalue weighted by Gasteiger charge is 2.15. The lowest BCUT2D eigenvalue weighted by Crippen LogP contribution is -2.01. The topological polar surface area (TPSA) is 30.7 Å². The summed E-state index contributed by atoms with van der Waals surface area (Å²) in [5.74, 6) is 1.29. The molecule has 126 valence electrons. The van der Waals surface area contributed by atoms with Gasteiger partial charge in [-0.15, -0.1) is 21.5 Å². The normalized spacial score (nSPS) is 11.1. The maximum absolute atomic E-state index is 13.8. The van der Waals surface area contributed by atoms with E-state index in [1.807, 2.05) is 12.1 Å². The minimum absolute atomic E-state index is 0.169. The molecule has 0 spiro atoms. The second kappa shape index (κ2) is 7.94. The summed E-state index contributed by atoms with van der Waals surface area (Å²) in [5.41, 5.74) is 1.81. The monoisotopic (exact) mass is 361 g/mol. The molecule has 3 aromatic rings. The molecule has 0 bridgehead atoms. The van der Waals surface area contributed by atoms with Crippen molar-refractivity contribution in [1.29, 1.82) is 0 Å². The summed E-state index contributed by atoms with van der Waals surface area (Å²) in [5, 5.41) is 11.7. The molecule has 0 radical (unpaired) electrons. The van der Waals surface area contributed by atoms with Crippen LogP contribution >= 0.6 is 23.1 Å². The van der Waals surface area contributed by atoms with Crippen molar-refractivity contribution < 1.29 is 4.39 Å². The lowest BCUT2D eigenvalue weighted by molar-refractivity contribution is 0.615. The van der Waals surface area contributed by atoms with Crippen LogP contribution in [0.4, 0.5) is 4.39 Å². The Balaban J connectivity index is 1.84. The van der Waals surface area contributed by atoms with Crippen molar-refractivity contribution in [2.24, 2.45) is 0 Å². The van der Waals surface area contributed by atoms with E-state index in [2.05, 4.69) is 40.1 Å². The first-order valence-corrected chi connectivity index (χ1v) is 9.96. The third-order valence-electron chi connectivity index (χ3n) is 3.74. The quantitative estimate of drug-likeness (QED) is 0.527. The average molecular weight is 362 g/mol. The van der Waals surface area contributed by atoms with Crippen molar-refractivity contribution in [1.82, 2.24) is 14.8 Å². The second-order valence-electron chi connectivity index (χ2n) is 5.49. The fourth-order valence-electron chi connectivity index (χ4n) is 2.48. The number of hydrogen-bond acceptors (Lipinski definition) is 4. The van der Waals surface area contributed by atoms with Crippen molar-refractivity contribution in [3.63, 3.8) is 0 Å². The summed E-state index contributed by atoms with van der Waals surface area (Å²) < 4.78 is 15.9. The summed E-state index contributed by atoms with van der Waals surface area (Å²) in [7, 11) is 0. The van der Waals surface area contributed by atoms with Crippen LogP contribution in [0.3, 0.4) is 0 Å². The lowest BCUT2D eigenvalue weighted by atomic mass is 10.2. The summed E-state index contributed by atoms with van der Waals surface area (Å²) in [6.45, 7) is 5.15. The number of rotatable bonds is 7. The molecule has 0 atom stereocenters. The number of nitrogens with zero attached hydrogens (tertiary/aromatic N) is 3. The van der Waals surface area contributed by atoms with Crippen LogP contribution in [0.2, 0.25) is 0 Å². The molecule has 0 aliphatic heterocycles. The van der Waals surface area contributed by atoms with Gasteiger partial charge in [-0.05, 0) is 30.5 Å². The van der Waals surface area contributed by atoms with Crippen LogP contribution in [0.15, 0.2) is 40.9 Å². The average Bonchev–Trinajstić information content (AvgIpc) is 3.21. The third-order valence-corrected chi connectivity index (χ3v) is 5.84. The molecule has 0 saturated heterocycles. The van der Waals surface area contributed by atoms with Crippen molar-refractivity contribution in [3.8, 4) is 11.4 Å². The minimum Gasteiger partial charge on any atom is -0.302 e. The SMILES string of the molecule is CCCn1c(SCc2ccccc2F)nnc1-c1csc(CC)c1. The number of hydrogen-bond donors (Lipinski definition) is 0. The molecule has 24 heavy (non-hydrogen) atoms. The van der Waals surface area contributed by atoms with E-state index in [-0.39, 0.29) is 5.82 Å². The first-order chi connectivity index (χ1) is 11.7. The van der Waals surface area contributed by atoms with Gasteiger partial charge in [0.15, 0.2) is 11.0 Å². The third kappa shape index (κ3) is 3.70. The number of thioether (sulfide) groups is 1. The fraction of sp³-hybridized carbons (Fsp3) is 0.333. The number of aryl methyl sites for hydroxylation is 1. The molecule has 0 unspecified atom stereocenters. The standard InChI is InChI=1S/C18H20FN3S2/c1-3-9-22-17(14-10-15(4-2)23-12-14)20-21-18(22)24-11-13-7-5-6-8-16(13)19/h5-8,10,12H,3-4,9,11H2,1-2H3. The van der Waals surface area contributed by atoms with Crippen molar-refractivity contribution in [2.75, 3.05) is 0 Å². The van der Waals surface area contributed by atoms with E-state index in [1.165, 1.54) is 22.7 Å². The van der Waals surface area contributed by atoms with Gasteiger partial charge in [0.2, 0.25) is 0 Å². The zero-order chi connectivity index (χ0) is 16.9. The molecule has 0 amide bonds. The Morgan fingerprint density at radius 1 is 1.21 bits per heavy atom. The molecule has 2 heterocycles. The molecule has 0 fully saturated rings. The van der Waals surface area contributed by atoms with E-state index in [9.17, 15) is 4.39 Å². The fourth-order valence-corrected chi connectivity index (χ4v) is 4.24. The molecule has 6 heteroatoms. The van der Waals surface area contributed by atoms with Gasteiger partial charge in [-0.2, -0.15) is 0 Å². The van der Waals surface area contributed by atoms with Crippen LogP contribution in [0, 0.1) is 5.82 Å². The predicted molar refractivity (Wildman–Crippen MR) is 99.0 cm³/mol.